The van der Waals surface area contributed by atoms with Crippen LogP contribution in [0, 0.1) is 22.7 Å². The highest BCUT2D eigenvalue weighted by Crippen LogP contribution is 2.30. The van der Waals surface area contributed by atoms with Crippen LogP contribution in [0.1, 0.15) is 52.7 Å². The average Bonchev–Trinajstić information content (AvgIpc) is 2.57. The van der Waals surface area contributed by atoms with Crippen LogP contribution >= 0.6 is 0 Å². The normalized spacial score (nSPS) is 13.2. The molecule has 0 aromatic heterocycles. The van der Waals surface area contributed by atoms with Gasteiger partial charge in [0, 0.05) is 11.0 Å². The van der Waals surface area contributed by atoms with Crippen molar-refractivity contribution >= 4 is 11.6 Å². The Balaban J connectivity index is 2.68. The third-order valence-corrected chi connectivity index (χ3v) is 3.64. The van der Waals surface area contributed by atoms with Crippen LogP contribution in [0.5, 0.6) is 0 Å². The summed E-state index contributed by atoms with van der Waals surface area (Å²) in [6.45, 7) is 13.1. The molecule has 0 aliphatic carbocycles. The molecular formula is C26H30. The Hall–Kier alpha value is -2.52. The van der Waals surface area contributed by atoms with Crippen LogP contribution in [0.15, 0.2) is 72.3 Å². The molecule has 0 N–H and O–H groups in total. The second-order valence-electron chi connectivity index (χ2n) is 8.76. The van der Waals surface area contributed by atoms with E-state index in [0.717, 1.165) is 5.57 Å². The zero-order valence-corrected chi connectivity index (χ0v) is 16.9. The van der Waals surface area contributed by atoms with Crippen molar-refractivity contribution < 1.29 is 0 Å². The highest BCUT2D eigenvalue weighted by molar-refractivity contribution is 5.94. The van der Waals surface area contributed by atoms with Crippen molar-refractivity contribution in [3.05, 3.63) is 83.4 Å². The Kier molecular flexibility index (Phi) is 6.27. The Morgan fingerprint density at radius 1 is 0.769 bits per heavy atom. The lowest BCUT2D eigenvalue weighted by atomic mass is 9.87. The fourth-order valence-electron chi connectivity index (χ4n) is 2.52. The number of benzene rings is 2. The number of allylic oxidation sites excluding steroid dienone is 3. The maximum atomic E-state index is 3.48. The van der Waals surface area contributed by atoms with Gasteiger partial charge in [0.2, 0.25) is 0 Å². The fraction of sp³-hybridized carbons (Fsp3) is 0.308. The largest absolute Gasteiger partial charge is 0.0919 e. The predicted octanol–water partition coefficient (Wildman–Crippen LogP) is 7.25. The Labute approximate surface area is 159 Å². The fourth-order valence-corrected chi connectivity index (χ4v) is 2.52. The summed E-state index contributed by atoms with van der Waals surface area (Å²) in [7, 11) is 0. The lowest BCUT2D eigenvalue weighted by Gasteiger charge is -2.17. The van der Waals surface area contributed by atoms with E-state index in [-0.39, 0.29) is 10.8 Å². The standard InChI is InChI=1S/C26H30/c1-25(2,3)18-17-23(20-26(4,5)6)24(22-15-11-8-12-16-22)19-21-13-9-7-10-14-21/h7-16,19-20H,1-6H3. The molecule has 0 fully saturated rings. The van der Waals surface area contributed by atoms with E-state index in [2.05, 4.69) is 120 Å². The van der Waals surface area contributed by atoms with Crippen molar-refractivity contribution in [1.29, 1.82) is 0 Å². The highest BCUT2D eigenvalue weighted by Gasteiger charge is 2.13. The number of hydrogen-bond donors (Lipinski definition) is 0. The Bertz CT molecular complexity index is 824. The van der Waals surface area contributed by atoms with Gasteiger partial charge in [-0.2, -0.15) is 0 Å². The molecule has 0 bridgehead atoms. The summed E-state index contributed by atoms with van der Waals surface area (Å²) in [6, 6.07) is 21.0. The first-order valence-electron chi connectivity index (χ1n) is 9.23. The minimum Gasteiger partial charge on any atom is -0.0919 e. The molecule has 134 valence electrons. The Morgan fingerprint density at radius 3 is 1.81 bits per heavy atom. The molecule has 2 rings (SSSR count). The molecule has 0 saturated carbocycles. The lowest BCUT2D eigenvalue weighted by Crippen LogP contribution is -2.04. The summed E-state index contributed by atoms with van der Waals surface area (Å²) in [5, 5.41) is 0. The molecule has 0 heterocycles. The van der Waals surface area contributed by atoms with Gasteiger partial charge in [0.15, 0.2) is 0 Å². The highest BCUT2D eigenvalue weighted by atomic mass is 14.2. The van der Waals surface area contributed by atoms with E-state index in [1.54, 1.807) is 0 Å². The maximum absolute atomic E-state index is 3.48. The van der Waals surface area contributed by atoms with E-state index in [1.165, 1.54) is 16.7 Å². The zero-order valence-electron chi connectivity index (χ0n) is 16.9. The maximum Gasteiger partial charge on any atom is 0.0289 e. The quantitative estimate of drug-likeness (QED) is 0.313. The van der Waals surface area contributed by atoms with Crippen LogP contribution < -0.4 is 0 Å². The van der Waals surface area contributed by atoms with Crippen molar-refractivity contribution in [3.63, 3.8) is 0 Å². The first kappa shape index (κ1) is 19.8. The minimum absolute atomic E-state index is 0.0362. The van der Waals surface area contributed by atoms with Gasteiger partial charge in [0.05, 0.1) is 0 Å². The summed E-state index contributed by atoms with van der Waals surface area (Å²) >= 11 is 0. The summed E-state index contributed by atoms with van der Waals surface area (Å²) < 4.78 is 0. The van der Waals surface area contributed by atoms with E-state index in [1.807, 2.05) is 6.07 Å². The van der Waals surface area contributed by atoms with Crippen LogP contribution in [0.4, 0.5) is 0 Å². The van der Waals surface area contributed by atoms with E-state index < -0.39 is 0 Å². The van der Waals surface area contributed by atoms with Crippen molar-refractivity contribution in [2.45, 2.75) is 41.5 Å². The molecular weight excluding hydrogens is 312 g/mol. The zero-order chi connectivity index (χ0) is 19.2. The molecule has 0 heteroatoms. The monoisotopic (exact) mass is 342 g/mol. The summed E-state index contributed by atoms with van der Waals surface area (Å²) in [5.74, 6) is 6.90. The number of hydrogen-bond acceptors (Lipinski definition) is 0. The van der Waals surface area contributed by atoms with Gasteiger partial charge >= 0.3 is 0 Å². The molecule has 0 aliphatic rings. The van der Waals surface area contributed by atoms with Crippen molar-refractivity contribution in [2.75, 3.05) is 0 Å². The molecule has 26 heavy (non-hydrogen) atoms. The van der Waals surface area contributed by atoms with Crippen molar-refractivity contribution in [3.8, 4) is 11.8 Å². The van der Waals surface area contributed by atoms with E-state index in [9.17, 15) is 0 Å². The Morgan fingerprint density at radius 2 is 1.31 bits per heavy atom. The molecule has 0 atom stereocenters. The first-order chi connectivity index (χ1) is 12.1. The molecule has 0 spiro atoms. The first-order valence-corrected chi connectivity index (χ1v) is 9.23. The van der Waals surface area contributed by atoms with Crippen LogP contribution in [-0.2, 0) is 0 Å². The predicted molar refractivity (Wildman–Crippen MR) is 116 cm³/mol. The molecule has 0 radical (unpaired) electrons. The van der Waals surface area contributed by atoms with Crippen LogP contribution in [0.3, 0.4) is 0 Å². The van der Waals surface area contributed by atoms with Gasteiger partial charge in [0.1, 0.15) is 0 Å². The van der Waals surface area contributed by atoms with Crippen molar-refractivity contribution in [2.24, 2.45) is 10.8 Å². The third kappa shape index (κ3) is 6.77. The van der Waals surface area contributed by atoms with Gasteiger partial charge < -0.3 is 0 Å². The second-order valence-corrected chi connectivity index (χ2v) is 8.76. The molecule has 0 saturated heterocycles. The topological polar surface area (TPSA) is 0 Å². The smallest absolute Gasteiger partial charge is 0.0289 e. The SMILES string of the molecule is CC(C)(C)C#CC(=CC(C)(C)C)C(=Cc1ccccc1)c1ccccc1. The van der Waals surface area contributed by atoms with E-state index in [0.29, 0.717) is 0 Å². The molecule has 2 aromatic rings. The van der Waals surface area contributed by atoms with Crippen LogP contribution in [0.25, 0.3) is 11.6 Å². The van der Waals surface area contributed by atoms with Gasteiger partial charge in [-0.15, -0.1) is 0 Å². The number of rotatable bonds is 3. The molecule has 0 unspecified atom stereocenters. The lowest BCUT2D eigenvalue weighted by molar-refractivity contribution is 0.542. The molecule has 0 nitrogen and oxygen atoms in total. The molecule has 0 aliphatic heterocycles. The summed E-state index contributed by atoms with van der Waals surface area (Å²) in [6.07, 6.45) is 4.53. The third-order valence-electron chi connectivity index (χ3n) is 3.64. The van der Waals surface area contributed by atoms with Crippen molar-refractivity contribution in [1.82, 2.24) is 0 Å². The minimum atomic E-state index is -0.0362. The molecule has 2 aromatic carbocycles. The molecule has 0 amide bonds. The van der Waals surface area contributed by atoms with Gasteiger partial charge in [0.25, 0.3) is 0 Å². The summed E-state index contributed by atoms with van der Waals surface area (Å²) in [5.41, 5.74) is 4.64. The van der Waals surface area contributed by atoms with Gasteiger partial charge in [-0.1, -0.05) is 99.4 Å². The van der Waals surface area contributed by atoms with Crippen LogP contribution in [0.2, 0.25) is 0 Å². The second kappa shape index (κ2) is 8.24. The van der Waals surface area contributed by atoms with E-state index >= 15 is 0 Å². The average molecular weight is 343 g/mol. The van der Waals surface area contributed by atoms with Gasteiger partial charge in [-0.25, -0.2) is 0 Å². The van der Waals surface area contributed by atoms with E-state index in [4.69, 9.17) is 0 Å². The summed E-state index contributed by atoms with van der Waals surface area (Å²) in [4.78, 5) is 0. The van der Waals surface area contributed by atoms with Gasteiger partial charge in [-0.05, 0) is 49.0 Å². The van der Waals surface area contributed by atoms with Crippen LogP contribution in [-0.4, -0.2) is 0 Å². The van der Waals surface area contributed by atoms with Gasteiger partial charge in [-0.3, -0.25) is 0 Å².